The van der Waals surface area contributed by atoms with E-state index in [4.69, 9.17) is 5.11 Å². The molecular weight excluding hydrogens is 266 g/mol. The first-order valence-corrected chi connectivity index (χ1v) is 7.24. The number of carboxylic acids is 1. The molecule has 2 N–H and O–H groups in total. The molecule has 1 aliphatic heterocycles. The number of hydrogen-bond acceptors (Lipinski definition) is 3. The minimum atomic E-state index is -0.683. The van der Waals surface area contributed by atoms with Gasteiger partial charge in [0.2, 0.25) is 0 Å². The van der Waals surface area contributed by atoms with Crippen LogP contribution in [-0.4, -0.2) is 34.4 Å². The Hall–Kier alpha value is -2.30. The molecule has 0 radical (unpaired) electrons. The number of H-pyrrole nitrogens is 1. The molecule has 1 aliphatic rings. The zero-order valence-electron chi connectivity index (χ0n) is 12.0. The van der Waals surface area contributed by atoms with Gasteiger partial charge in [-0.25, -0.2) is 0 Å². The highest BCUT2D eigenvalue weighted by molar-refractivity contribution is 5.70. The summed E-state index contributed by atoms with van der Waals surface area (Å²) < 4.78 is 0. The van der Waals surface area contributed by atoms with Gasteiger partial charge in [-0.05, 0) is 25.3 Å². The first-order chi connectivity index (χ1) is 10.1. The van der Waals surface area contributed by atoms with Crippen molar-refractivity contribution in [2.75, 3.05) is 18.0 Å². The molecule has 21 heavy (non-hydrogen) atoms. The van der Waals surface area contributed by atoms with Gasteiger partial charge >= 0.3 is 5.97 Å². The predicted octanol–water partition coefficient (Wildman–Crippen LogP) is 2.69. The number of rotatable bonds is 3. The van der Waals surface area contributed by atoms with Crippen LogP contribution in [0.4, 0.5) is 5.82 Å². The Kier molecular flexibility index (Phi) is 3.64. The quantitative estimate of drug-likeness (QED) is 0.909. The summed E-state index contributed by atoms with van der Waals surface area (Å²) in [6.45, 7) is 3.57. The van der Waals surface area contributed by atoms with E-state index in [1.54, 1.807) is 0 Å². The number of carboxylic acid groups (broad SMARTS) is 1. The molecule has 0 aliphatic carbocycles. The highest BCUT2D eigenvalue weighted by atomic mass is 16.4. The van der Waals surface area contributed by atoms with Crippen molar-refractivity contribution in [1.29, 1.82) is 0 Å². The lowest BCUT2D eigenvalue weighted by Gasteiger charge is -2.29. The molecule has 2 heterocycles. The fraction of sp³-hybridized carbons (Fsp3) is 0.375. The van der Waals surface area contributed by atoms with Crippen molar-refractivity contribution in [3.8, 4) is 11.3 Å². The van der Waals surface area contributed by atoms with Crippen molar-refractivity contribution in [2.45, 2.75) is 19.8 Å². The summed E-state index contributed by atoms with van der Waals surface area (Å²) in [6, 6.07) is 10.2. The molecule has 2 aromatic rings. The van der Waals surface area contributed by atoms with E-state index in [-0.39, 0.29) is 5.92 Å². The van der Waals surface area contributed by atoms with Crippen LogP contribution in [0.2, 0.25) is 0 Å². The lowest BCUT2D eigenvalue weighted by Crippen LogP contribution is -2.36. The van der Waals surface area contributed by atoms with Crippen LogP contribution in [0.15, 0.2) is 30.3 Å². The van der Waals surface area contributed by atoms with E-state index in [1.807, 2.05) is 18.2 Å². The van der Waals surface area contributed by atoms with Crippen LogP contribution in [0.3, 0.4) is 0 Å². The van der Waals surface area contributed by atoms with Gasteiger partial charge in [-0.3, -0.25) is 9.89 Å². The Bertz CT molecular complexity index is 642. The molecule has 0 spiro atoms. The summed E-state index contributed by atoms with van der Waals surface area (Å²) in [5, 5.41) is 16.5. The van der Waals surface area contributed by atoms with Gasteiger partial charge in [-0.1, -0.05) is 24.3 Å². The number of aromatic nitrogens is 2. The summed E-state index contributed by atoms with van der Waals surface area (Å²) in [7, 11) is 0. The lowest BCUT2D eigenvalue weighted by atomic mass is 9.97. The molecule has 0 saturated carbocycles. The SMILES string of the molecule is Cc1ccccc1-c1cc(N2CCC(C(=O)O)CC2)n[nH]1. The van der Waals surface area contributed by atoms with E-state index in [0.29, 0.717) is 12.8 Å². The third kappa shape index (κ3) is 2.77. The minimum absolute atomic E-state index is 0.212. The Labute approximate surface area is 123 Å². The number of nitrogens with zero attached hydrogens (tertiary/aromatic N) is 2. The Balaban J connectivity index is 1.74. The molecule has 0 bridgehead atoms. The number of aliphatic carboxylic acids is 1. The highest BCUT2D eigenvalue weighted by Crippen LogP contribution is 2.27. The summed E-state index contributed by atoms with van der Waals surface area (Å²) in [5.41, 5.74) is 3.36. The van der Waals surface area contributed by atoms with E-state index in [1.165, 1.54) is 5.56 Å². The van der Waals surface area contributed by atoms with Gasteiger partial charge in [0.15, 0.2) is 5.82 Å². The number of aromatic amines is 1. The molecule has 1 aromatic carbocycles. The number of piperidine rings is 1. The second-order valence-corrected chi connectivity index (χ2v) is 5.55. The number of carbonyl (C=O) groups is 1. The molecule has 1 fully saturated rings. The van der Waals surface area contributed by atoms with Gasteiger partial charge in [0.25, 0.3) is 0 Å². The largest absolute Gasteiger partial charge is 0.481 e. The Morgan fingerprint density at radius 1 is 1.33 bits per heavy atom. The fourth-order valence-electron chi connectivity index (χ4n) is 2.84. The van der Waals surface area contributed by atoms with Crippen molar-refractivity contribution in [3.63, 3.8) is 0 Å². The number of nitrogens with one attached hydrogen (secondary N) is 1. The zero-order valence-corrected chi connectivity index (χ0v) is 12.0. The Morgan fingerprint density at radius 3 is 2.71 bits per heavy atom. The maximum Gasteiger partial charge on any atom is 0.306 e. The summed E-state index contributed by atoms with van der Waals surface area (Å²) in [6.07, 6.45) is 1.36. The van der Waals surface area contributed by atoms with Crippen molar-refractivity contribution in [1.82, 2.24) is 10.2 Å². The molecule has 0 amide bonds. The van der Waals surface area contributed by atoms with Crippen LogP contribution < -0.4 is 4.90 Å². The molecule has 5 heteroatoms. The smallest absolute Gasteiger partial charge is 0.306 e. The number of aryl methyl sites for hydroxylation is 1. The standard InChI is InChI=1S/C16H19N3O2/c1-11-4-2-3-5-13(11)14-10-15(18-17-14)19-8-6-12(7-9-19)16(20)21/h2-5,10,12H,6-9H2,1H3,(H,17,18)(H,20,21). The number of hydrogen-bond donors (Lipinski definition) is 2. The molecular formula is C16H19N3O2. The predicted molar refractivity (Wildman–Crippen MR) is 81.3 cm³/mol. The molecule has 1 saturated heterocycles. The first-order valence-electron chi connectivity index (χ1n) is 7.24. The average molecular weight is 285 g/mol. The van der Waals surface area contributed by atoms with Gasteiger partial charge in [0, 0.05) is 24.7 Å². The molecule has 1 aromatic heterocycles. The van der Waals surface area contributed by atoms with Crippen LogP contribution in [-0.2, 0) is 4.79 Å². The minimum Gasteiger partial charge on any atom is -0.481 e. The van der Waals surface area contributed by atoms with Gasteiger partial charge in [0.1, 0.15) is 0 Å². The molecule has 0 unspecified atom stereocenters. The van der Waals surface area contributed by atoms with Crippen LogP contribution in [0.1, 0.15) is 18.4 Å². The van der Waals surface area contributed by atoms with Gasteiger partial charge in [-0.2, -0.15) is 5.10 Å². The third-order valence-corrected chi connectivity index (χ3v) is 4.17. The molecule has 0 atom stereocenters. The van der Waals surface area contributed by atoms with Crippen molar-refractivity contribution < 1.29 is 9.90 Å². The van der Waals surface area contributed by atoms with Gasteiger partial charge < -0.3 is 10.0 Å². The van der Waals surface area contributed by atoms with Crippen LogP contribution in [0, 0.1) is 12.8 Å². The molecule has 110 valence electrons. The van der Waals surface area contributed by atoms with Gasteiger partial charge in [0.05, 0.1) is 11.6 Å². The monoisotopic (exact) mass is 285 g/mol. The zero-order chi connectivity index (χ0) is 14.8. The van der Waals surface area contributed by atoms with E-state index in [0.717, 1.165) is 30.2 Å². The van der Waals surface area contributed by atoms with E-state index in [2.05, 4.69) is 34.2 Å². The van der Waals surface area contributed by atoms with Gasteiger partial charge in [-0.15, -0.1) is 0 Å². The normalized spacial score (nSPS) is 16.1. The van der Waals surface area contributed by atoms with E-state index < -0.39 is 5.97 Å². The highest BCUT2D eigenvalue weighted by Gasteiger charge is 2.25. The van der Waals surface area contributed by atoms with Crippen LogP contribution >= 0.6 is 0 Å². The summed E-state index contributed by atoms with van der Waals surface area (Å²) in [5.74, 6) is 0.00500. The van der Waals surface area contributed by atoms with Crippen molar-refractivity contribution in [3.05, 3.63) is 35.9 Å². The second kappa shape index (κ2) is 5.60. The summed E-state index contributed by atoms with van der Waals surface area (Å²) in [4.78, 5) is 13.1. The topological polar surface area (TPSA) is 69.2 Å². The Morgan fingerprint density at radius 2 is 2.05 bits per heavy atom. The fourth-order valence-corrected chi connectivity index (χ4v) is 2.84. The van der Waals surface area contributed by atoms with Crippen LogP contribution in [0.25, 0.3) is 11.3 Å². The third-order valence-electron chi connectivity index (χ3n) is 4.17. The van der Waals surface area contributed by atoms with Crippen molar-refractivity contribution in [2.24, 2.45) is 5.92 Å². The van der Waals surface area contributed by atoms with E-state index >= 15 is 0 Å². The molecule has 5 nitrogen and oxygen atoms in total. The second-order valence-electron chi connectivity index (χ2n) is 5.55. The van der Waals surface area contributed by atoms with E-state index in [9.17, 15) is 4.79 Å². The number of anilines is 1. The maximum atomic E-state index is 11.0. The number of benzene rings is 1. The molecule has 3 rings (SSSR count). The lowest BCUT2D eigenvalue weighted by molar-refractivity contribution is -0.142. The van der Waals surface area contributed by atoms with Crippen molar-refractivity contribution >= 4 is 11.8 Å². The first kappa shape index (κ1) is 13.7. The average Bonchev–Trinajstić information content (AvgIpc) is 2.97. The maximum absolute atomic E-state index is 11.0. The van der Waals surface area contributed by atoms with Crippen LogP contribution in [0.5, 0.6) is 0 Å². The summed E-state index contributed by atoms with van der Waals surface area (Å²) >= 11 is 0.